The number of aromatic nitrogens is 3. The van der Waals surface area contributed by atoms with Crippen LogP contribution in [-0.2, 0) is 0 Å². The van der Waals surface area contributed by atoms with Gasteiger partial charge in [-0.05, 0) is 11.3 Å². The molecule has 0 unspecified atom stereocenters. The highest BCUT2D eigenvalue weighted by molar-refractivity contribution is 5.69. The lowest BCUT2D eigenvalue weighted by atomic mass is 10.4. The van der Waals surface area contributed by atoms with E-state index in [1.54, 1.807) is 6.07 Å². The van der Waals surface area contributed by atoms with Gasteiger partial charge in [0.2, 0.25) is 0 Å². The zero-order valence-corrected chi connectivity index (χ0v) is 5.39. The van der Waals surface area contributed by atoms with E-state index < -0.39 is 5.63 Å². The molecule has 2 rings (SSSR count). The molecule has 0 aromatic carbocycles. The number of hydrogen-bond acceptors (Lipinski definition) is 5. The first-order valence-electron chi connectivity index (χ1n) is 2.94. The van der Waals surface area contributed by atoms with Gasteiger partial charge in [-0.3, -0.25) is 0 Å². The van der Waals surface area contributed by atoms with Crippen molar-refractivity contribution in [2.24, 2.45) is 0 Å². The summed E-state index contributed by atoms with van der Waals surface area (Å²) in [6.45, 7) is 0. The van der Waals surface area contributed by atoms with Crippen LogP contribution in [0.4, 0.5) is 0 Å². The van der Waals surface area contributed by atoms with Gasteiger partial charge in [-0.25, -0.2) is 4.79 Å². The molecule has 5 heteroatoms. The van der Waals surface area contributed by atoms with Crippen molar-refractivity contribution >= 4 is 11.1 Å². The average Bonchev–Trinajstić information content (AvgIpc) is 2.04. The lowest BCUT2D eigenvalue weighted by molar-refractivity contribution is 0.540. The van der Waals surface area contributed by atoms with Gasteiger partial charge in [0.1, 0.15) is 0 Å². The maximum Gasteiger partial charge on any atom is 0.337 e. The predicted molar refractivity (Wildman–Crippen MR) is 35.9 cm³/mol. The Balaban J connectivity index is 2.94. The van der Waals surface area contributed by atoms with Gasteiger partial charge in [-0.15, -0.1) is 5.10 Å². The molecule has 0 radical (unpaired) electrons. The molecule has 0 saturated heterocycles. The van der Waals surface area contributed by atoms with Crippen molar-refractivity contribution in [3.63, 3.8) is 0 Å². The van der Waals surface area contributed by atoms with Crippen molar-refractivity contribution in [3.8, 4) is 0 Å². The van der Waals surface area contributed by atoms with Gasteiger partial charge in [0.05, 0.1) is 11.6 Å². The molecule has 0 aliphatic carbocycles. The summed E-state index contributed by atoms with van der Waals surface area (Å²) in [5.41, 5.74) is -0.217. The largest absolute Gasteiger partial charge is 0.402 e. The molecule has 0 N–H and O–H groups in total. The molecule has 0 fully saturated rings. The van der Waals surface area contributed by atoms with Gasteiger partial charge in [0.25, 0.3) is 5.71 Å². The van der Waals surface area contributed by atoms with Crippen molar-refractivity contribution in [2.45, 2.75) is 0 Å². The Morgan fingerprint density at radius 3 is 3.18 bits per heavy atom. The molecule has 0 aliphatic rings. The molecule has 2 aromatic rings. The highest BCUT2D eigenvalue weighted by Gasteiger charge is 1.95. The summed E-state index contributed by atoms with van der Waals surface area (Å²) < 4.78 is 4.69. The first-order valence-corrected chi connectivity index (χ1v) is 2.94. The summed E-state index contributed by atoms with van der Waals surface area (Å²) in [4.78, 5) is 10.6. The molecule has 0 atom stereocenters. The van der Waals surface area contributed by atoms with Crippen LogP contribution in [0.15, 0.2) is 27.5 Å². The Bertz CT molecular complexity index is 437. The van der Waals surface area contributed by atoms with Gasteiger partial charge < -0.3 is 4.42 Å². The second kappa shape index (κ2) is 2.12. The van der Waals surface area contributed by atoms with Crippen LogP contribution in [-0.4, -0.2) is 15.4 Å². The molecule has 0 amide bonds. The zero-order valence-electron chi connectivity index (χ0n) is 5.39. The number of nitrogens with zero attached hydrogens (tertiary/aromatic N) is 3. The molecule has 0 aliphatic heterocycles. The third-order valence-corrected chi connectivity index (χ3v) is 1.23. The minimum absolute atomic E-state index is 0.215. The van der Waals surface area contributed by atoms with Crippen LogP contribution in [0.25, 0.3) is 11.1 Å². The van der Waals surface area contributed by atoms with Crippen LogP contribution < -0.4 is 5.63 Å². The normalized spacial score (nSPS) is 10.2. The first kappa shape index (κ1) is 5.96. The summed E-state index contributed by atoms with van der Waals surface area (Å²) in [6, 6.07) is 2.90. The zero-order chi connectivity index (χ0) is 7.68. The minimum atomic E-state index is -0.432. The van der Waals surface area contributed by atoms with E-state index in [1.165, 1.54) is 12.3 Å². The first-order chi connectivity index (χ1) is 5.36. The standard InChI is InChI=1S/C6H3N3O2/c10-5-2-1-4-3-7-9-8-6(4)11-5/h1-3H. The van der Waals surface area contributed by atoms with Crippen molar-refractivity contribution in [1.82, 2.24) is 15.4 Å². The molecule has 0 bridgehead atoms. The highest BCUT2D eigenvalue weighted by Crippen LogP contribution is 2.02. The Labute approximate surface area is 60.7 Å². The Morgan fingerprint density at radius 2 is 2.27 bits per heavy atom. The third-order valence-electron chi connectivity index (χ3n) is 1.23. The fraction of sp³-hybridized carbons (Fsp3) is 0. The summed E-state index contributed by atoms with van der Waals surface area (Å²) in [6.07, 6.45) is 1.48. The third kappa shape index (κ3) is 0.958. The monoisotopic (exact) mass is 149 g/mol. The summed E-state index contributed by atoms with van der Waals surface area (Å²) in [7, 11) is 0. The predicted octanol–water partition coefficient (Wildman–Crippen LogP) is -0.0220. The van der Waals surface area contributed by atoms with E-state index >= 15 is 0 Å². The molecule has 11 heavy (non-hydrogen) atoms. The molecular formula is C6H3N3O2. The number of hydrogen-bond donors (Lipinski definition) is 0. The summed E-state index contributed by atoms with van der Waals surface area (Å²) in [5.74, 6) is 0. The van der Waals surface area contributed by atoms with E-state index in [0.717, 1.165) is 0 Å². The van der Waals surface area contributed by atoms with Crippen molar-refractivity contribution in [2.75, 3.05) is 0 Å². The van der Waals surface area contributed by atoms with E-state index in [4.69, 9.17) is 4.42 Å². The van der Waals surface area contributed by atoms with Crippen molar-refractivity contribution < 1.29 is 4.42 Å². The number of rotatable bonds is 0. The van der Waals surface area contributed by atoms with Crippen LogP contribution in [0.5, 0.6) is 0 Å². The molecular weight excluding hydrogens is 146 g/mol. The quantitative estimate of drug-likeness (QED) is 0.526. The minimum Gasteiger partial charge on any atom is -0.402 e. The van der Waals surface area contributed by atoms with Gasteiger partial charge in [-0.2, -0.15) is 0 Å². The van der Waals surface area contributed by atoms with E-state index in [2.05, 4.69) is 15.4 Å². The fourth-order valence-corrected chi connectivity index (χ4v) is 0.748. The van der Waals surface area contributed by atoms with Gasteiger partial charge in [-0.1, -0.05) is 5.10 Å². The van der Waals surface area contributed by atoms with E-state index in [1.807, 2.05) is 0 Å². The average molecular weight is 149 g/mol. The van der Waals surface area contributed by atoms with E-state index in [9.17, 15) is 4.79 Å². The smallest absolute Gasteiger partial charge is 0.337 e. The van der Waals surface area contributed by atoms with E-state index in [0.29, 0.717) is 5.39 Å². The fourth-order valence-electron chi connectivity index (χ4n) is 0.748. The second-order valence-electron chi connectivity index (χ2n) is 1.95. The second-order valence-corrected chi connectivity index (χ2v) is 1.95. The molecule has 54 valence electrons. The van der Waals surface area contributed by atoms with Crippen LogP contribution >= 0.6 is 0 Å². The van der Waals surface area contributed by atoms with Crippen molar-refractivity contribution in [1.29, 1.82) is 0 Å². The van der Waals surface area contributed by atoms with Crippen LogP contribution in [0.3, 0.4) is 0 Å². The van der Waals surface area contributed by atoms with Gasteiger partial charge in [0.15, 0.2) is 0 Å². The summed E-state index contributed by atoms with van der Waals surface area (Å²) >= 11 is 0. The Kier molecular flexibility index (Phi) is 1.15. The maximum absolute atomic E-state index is 10.6. The van der Waals surface area contributed by atoms with Crippen LogP contribution in [0, 0.1) is 0 Å². The van der Waals surface area contributed by atoms with E-state index in [-0.39, 0.29) is 5.71 Å². The molecule has 0 spiro atoms. The van der Waals surface area contributed by atoms with Gasteiger partial charge in [0, 0.05) is 6.07 Å². The number of fused-ring (bicyclic) bond motifs is 1. The molecule has 2 aromatic heterocycles. The molecule has 0 saturated carbocycles. The Morgan fingerprint density at radius 1 is 1.36 bits per heavy atom. The lowest BCUT2D eigenvalue weighted by Crippen LogP contribution is -1.97. The lowest BCUT2D eigenvalue weighted by Gasteiger charge is -1.88. The van der Waals surface area contributed by atoms with Gasteiger partial charge >= 0.3 is 5.63 Å². The van der Waals surface area contributed by atoms with Crippen LogP contribution in [0.1, 0.15) is 0 Å². The molecule has 5 nitrogen and oxygen atoms in total. The van der Waals surface area contributed by atoms with Crippen LogP contribution in [0.2, 0.25) is 0 Å². The van der Waals surface area contributed by atoms with Crippen molar-refractivity contribution in [3.05, 3.63) is 28.7 Å². The highest BCUT2D eigenvalue weighted by atomic mass is 16.4. The SMILES string of the molecule is O=c1ccc2cnnnc2o1. The Hall–Kier alpha value is -1.78. The maximum atomic E-state index is 10.6. The topological polar surface area (TPSA) is 68.9 Å². The molecule has 2 heterocycles. The summed E-state index contributed by atoms with van der Waals surface area (Å²) in [5, 5.41) is 11.0.